The Bertz CT molecular complexity index is 486. The van der Waals surface area contributed by atoms with Crippen molar-refractivity contribution in [2.24, 2.45) is 0 Å². The molecule has 1 unspecified atom stereocenters. The van der Waals surface area contributed by atoms with Crippen molar-refractivity contribution in [3.8, 4) is 0 Å². The van der Waals surface area contributed by atoms with Gasteiger partial charge in [-0.15, -0.1) is 0 Å². The number of likely N-dealkylation sites (N-methyl/N-ethyl adjacent to an activating group) is 1. The Morgan fingerprint density at radius 2 is 1.75 bits per heavy atom. The Morgan fingerprint density at radius 1 is 1.15 bits per heavy atom. The Morgan fingerprint density at radius 3 is 2.30 bits per heavy atom. The molecule has 0 aromatic heterocycles. The molecule has 20 heavy (non-hydrogen) atoms. The van der Waals surface area contributed by atoms with Gasteiger partial charge in [-0.25, -0.2) is 12.7 Å². The summed E-state index contributed by atoms with van der Waals surface area (Å²) in [5.41, 5.74) is 1.16. The second-order valence-electron chi connectivity index (χ2n) is 5.48. The maximum Gasteiger partial charge on any atom is 0.217 e. The highest BCUT2D eigenvalue weighted by Gasteiger charge is 2.25. The summed E-state index contributed by atoms with van der Waals surface area (Å²) in [5, 5.41) is 2.76. The predicted octanol–water partition coefficient (Wildman–Crippen LogP) is 1.88. The van der Waals surface area contributed by atoms with Crippen LogP contribution < -0.4 is 5.32 Å². The number of hydrogen-bond donors (Lipinski definition) is 1. The van der Waals surface area contributed by atoms with E-state index in [-0.39, 0.29) is 0 Å². The van der Waals surface area contributed by atoms with Gasteiger partial charge in [0.25, 0.3) is 0 Å². The fourth-order valence-corrected chi connectivity index (χ4v) is 3.14. The Kier molecular flexibility index (Phi) is 6.65. The Balaban J connectivity index is 2.54. The third-order valence-electron chi connectivity index (χ3n) is 3.31. The maximum absolute atomic E-state index is 12.4. The van der Waals surface area contributed by atoms with Crippen LogP contribution in [0.3, 0.4) is 0 Å². The van der Waals surface area contributed by atoms with Gasteiger partial charge in [0.1, 0.15) is 0 Å². The minimum atomic E-state index is -3.23. The van der Waals surface area contributed by atoms with Crippen LogP contribution in [0.15, 0.2) is 30.3 Å². The average Bonchev–Trinajstić information content (AvgIpc) is 2.42. The highest BCUT2D eigenvalue weighted by Crippen LogP contribution is 2.08. The van der Waals surface area contributed by atoms with Crippen LogP contribution in [0.1, 0.15) is 26.3 Å². The lowest BCUT2D eigenvalue weighted by Crippen LogP contribution is -2.42. The van der Waals surface area contributed by atoms with Crippen LogP contribution in [0, 0.1) is 0 Å². The topological polar surface area (TPSA) is 49.4 Å². The summed E-state index contributed by atoms with van der Waals surface area (Å²) in [6.07, 6.45) is 0.737. The zero-order valence-electron chi connectivity index (χ0n) is 12.8. The van der Waals surface area contributed by atoms with E-state index in [9.17, 15) is 8.42 Å². The summed E-state index contributed by atoms with van der Waals surface area (Å²) >= 11 is 0. The summed E-state index contributed by atoms with van der Waals surface area (Å²) in [6.45, 7) is 6.77. The van der Waals surface area contributed by atoms with Gasteiger partial charge in [-0.1, -0.05) is 44.2 Å². The third-order valence-corrected chi connectivity index (χ3v) is 5.55. The van der Waals surface area contributed by atoms with E-state index < -0.39 is 15.3 Å². The molecule has 0 aliphatic heterocycles. The molecule has 114 valence electrons. The molecule has 0 heterocycles. The lowest BCUT2D eigenvalue weighted by Gasteiger charge is -2.23. The SMILES string of the molecule is CC(C)NCC(C)S(=O)(=O)N(C)CCc1ccccc1. The molecule has 5 heteroatoms. The van der Waals surface area contributed by atoms with Gasteiger partial charge in [0.2, 0.25) is 10.0 Å². The van der Waals surface area contributed by atoms with Gasteiger partial charge in [0.05, 0.1) is 5.25 Å². The van der Waals surface area contributed by atoms with E-state index in [4.69, 9.17) is 0 Å². The molecule has 0 aliphatic carbocycles. The van der Waals surface area contributed by atoms with E-state index in [1.54, 1.807) is 14.0 Å². The van der Waals surface area contributed by atoms with Gasteiger partial charge >= 0.3 is 0 Å². The first-order valence-corrected chi connectivity index (χ1v) is 8.57. The zero-order valence-corrected chi connectivity index (χ0v) is 13.7. The molecule has 1 rings (SSSR count). The molecule has 1 atom stereocenters. The van der Waals surface area contributed by atoms with Crippen LogP contribution in [-0.4, -0.2) is 44.2 Å². The van der Waals surface area contributed by atoms with Crippen molar-refractivity contribution in [3.05, 3.63) is 35.9 Å². The molecule has 0 saturated carbocycles. The number of sulfonamides is 1. The molecule has 1 aromatic carbocycles. The van der Waals surface area contributed by atoms with Crippen LogP contribution in [0.4, 0.5) is 0 Å². The molecule has 0 bridgehead atoms. The van der Waals surface area contributed by atoms with E-state index in [2.05, 4.69) is 5.32 Å². The fraction of sp³-hybridized carbons (Fsp3) is 0.600. The van der Waals surface area contributed by atoms with Gasteiger partial charge in [-0.3, -0.25) is 0 Å². The van der Waals surface area contributed by atoms with Gasteiger partial charge in [0.15, 0.2) is 0 Å². The van der Waals surface area contributed by atoms with E-state index in [0.29, 0.717) is 19.1 Å². The molecule has 0 amide bonds. The van der Waals surface area contributed by atoms with E-state index in [0.717, 1.165) is 12.0 Å². The minimum Gasteiger partial charge on any atom is -0.313 e. The molecule has 0 spiro atoms. The number of rotatable bonds is 8. The molecule has 1 N–H and O–H groups in total. The smallest absolute Gasteiger partial charge is 0.217 e. The van der Waals surface area contributed by atoms with Crippen molar-refractivity contribution < 1.29 is 8.42 Å². The molecule has 4 nitrogen and oxygen atoms in total. The summed E-state index contributed by atoms with van der Waals surface area (Å²) in [4.78, 5) is 0. The second-order valence-corrected chi connectivity index (χ2v) is 7.93. The van der Waals surface area contributed by atoms with Crippen molar-refractivity contribution in [3.63, 3.8) is 0 Å². The van der Waals surface area contributed by atoms with Crippen molar-refractivity contribution in [2.75, 3.05) is 20.1 Å². The molecule has 0 radical (unpaired) electrons. The van der Waals surface area contributed by atoms with E-state index in [1.165, 1.54) is 4.31 Å². The summed E-state index contributed by atoms with van der Waals surface area (Å²) in [5.74, 6) is 0. The first kappa shape index (κ1) is 17.1. The quantitative estimate of drug-likeness (QED) is 0.797. The lowest BCUT2D eigenvalue weighted by atomic mass is 10.2. The minimum absolute atomic E-state index is 0.294. The first-order chi connectivity index (χ1) is 9.34. The number of nitrogens with one attached hydrogen (secondary N) is 1. The molecule has 0 aliphatic rings. The maximum atomic E-state index is 12.4. The Labute approximate surface area is 123 Å². The van der Waals surface area contributed by atoms with Crippen LogP contribution >= 0.6 is 0 Å². The molecule has 0 saturated heterocycles. The Hall–Kier alpha value is -0.910. The van der Waals surface area contributed by atoms with Gasteiger partial charge < -0.3 is 5.32 Å². The van der Waals surface area contributed by atoms with Crippen molar-refractivity contribution >= 4 is 10.0 Å². The van der Waals surface area contributed by atoms with Crippen LogP contribution in [0.5, 0.6) is 0 Å². The van der Waals surface area contributed by atoms with Crippen LogP contribution in [0.2, 0.25) is 0 Å². The van der Waals surface area contributed by atoms with Gasteiger partial charge in [-0.2, -0.15) is 0 Å². The molecule has 0 fully saturated rings. The standard InChI is InChI=1S/C15H26N2O2S/c1-13(2)16-12-14(3)20(18,19)17(4)11-10-15-8-6-5-7-9-15/h5-9,13-14,16H,10-12H2,1-4H3. The normalized spacial score (nSPS) is 13.9. The summed E-state index contributed by atoms with van der Waals surface area (Å²) < 4.78 is 26.2. The molecule has 1 aromatic rings. The van der Waals surface area contributed by atoms with E-state index in [1.807, 2.05) is 44.2 Å². The highest BCUT2D eigenvalue weighted by atomic mass is 32.2. The zero-order chi connectivity index (χ0) is 15.2. The first-order valence-electron chi connectivity index (χ1n) is 7.06. The highest BCUT2D eigenvalue weighted by molar-refractivity contribution is 7.89. The third kappa shape index (κ3) is 5.23. The molecular weight excluding hydrogens is 272 g/mol. The van der Waals surface area contributed by atoms with Crippen LogP contribution in [-0.2, 0) is 16.4 Å². The van der Waals surface area contributed by atoms with Crippen molar-refractivity contribution in [2.45, 2.75) is 38.5 Å². The van der Waals surface area contributed by atoms with Crippen molar-refractivity contribution in [1.29, 1.82) is 0 Å². The van der Waals surface area contributed by atoms with E-state index >= 15 is 0 Å². The second kappa shape index (κ2) is 7.76. The van der Waals surface area contributed by atoms with Gasteiger partial charge in [0, 0.05) is 26.2 Å². The predicted molar refractivity (Wildman–Crippen MR) is 84.3 cm³/mol. The average molecular weight is 298 g/mol. The largest absolute Gasteiger partial charge is 0.313 e. The monoisotopic (exact) mass is 298 g/mol. The summed E-state index contributed by atoms with van der Waals surface area (Å²) in [6, 6.07) is 10.2. The van der Waals surface area contributed by atoms with Gasteiger partial charge in [-0.05, 0) is 18.9 Å². The fourth-order valence-electron chi connectivity index (χ4n) is 1.87. The number of hydrogen-bond acceptors (Lipinski definition) is 3. The summed E-state index contributed by atoms with van der Waals surface area (Å²) in [7, 11) is -1.58. The van der Waals surface area contributed by atoms with Crippen LogP contribution in [0.25, 0.3) is 0 Å². The lowest BCUT2D eigenvalue weighted by molar-refractivity contribution is 0.456. The molecular formula is C15H26N2O2S. The number of nitrogens with zero attached hydrogens (tertiary/aromatic N) is 1. The van der Waals surface area contributed by atoms with Crippen molar-refractivity contribution in [1.82, 2.24) is 9.62 Å². The number of benzene rings is 1.